The minimum absolute atomic E-state index is 0.662. The molecule has 0 bridgehead atoms. The van der Waals surface area contributed by atoms with Gasteiger partial charge >= 0.3 is 0 Å². The van der Waals surface area contributed by atoms with Gasteiger partial charge in [-0.2, -0.15) is 5.10 Å². The lowest BCUT2D eigenvalue weighted by atomic mass is 10.1. The zero-order valence-corrected chi connectivity index (χ0v) is 17.6. The molecule has 0 radical (unpaired) electrons. The molecule has 1 saturated heterocycles. The van der Waals surface area contributed by atoms with Gasteiger partial charge in [-0.3, -0.25) is 20.0 Å². The molecule has 6 rings (SSSR count). The molecule has 8 nitrogen and oxygen atoms in total. The van der Waals surface area contributed by atoms with Crippen molar-refractivity contribution in [3.63, 3.8) is 0 Å². The molecule has 1 aliphatic heterocycles. The van der Waals surface area contributed by atoms with Gasteiger partial charge in [0, 0.05) is 23.7 Å². The maximum Gasteiger partial charge on any atom is 0.159 e. The van der Waals surface area contributed by atoms with E-state index >= 15 is 0 Å². The second kappa shape index (κ2) is 8.05. The van der Waals surface area contributed by atoms with Crippen LogP contribution < -0.4 is 4.74 Å². The summed E-state index contributed by atoms with van der Waals surface area (Å²) in [7, 11) is 0. The number of nitrogens with zero attached hydrogens (tertiary/aromatic N) is 5. The van der Waals surface area contributed by atoms with E-state index in [2.05, 4.69) is 30.0 Å². The van der Waals surface area contributed by atoms with Gasteiger partial charge in [-0.25, -0.2) is 4.98 Å². The third kappa shape index (κ3) is 3.58. The first-order chi connectivity index (χ1) is 15.8. The second-order valence-electron chi connectivity index (χ2n) is 8.10. The van der Waals surface area contributed by atoms with Crippen LogP contribution in [0.1, 0.15) is 12.8 Å². The predicted molar refractivity (Wildman–Crippen MR) is 123 cm³/mol. The Bertz CT molecular complexity index is 1350. The van der Waals surface area contributed by atoms with Crippen molar-refractivity contribution in [3.05, 3.63) is 55.0 Å². The molecule has 0 atom stereocenters. The summed E-state index contributed by atoms with van der Waals surface area (Å²) in [6.07, 6.45) is 7.93. The SMILES string of the molecule is c1ccc2[nH]c(-c3n[nH]c4cnc(-c5cncc(OCCN6CCCC6)c5)cc34)nc2c1. The first-order valence-electron chi connectivity index (χ1n) is 10.9. The third-order valence-corrected chi connectivity index (χ3v) is 5.94. The highest BCUT2D eigenvalue weighted by Gasteiger charge is 2.15. The number of aromatic nitrogens is 6. The highest BCUT2D eigenvalue weighted by molar-refractivity contribution is 5.94. The number of hydrogen-bond donors (Lipinski definition) is 2. The molecule has 160 valence electrons. The Kier molecular flexibility index (Phi) is 4.77. The Labute approximate surface area is 184 Å². The van der Waals surface area contributed by atoms with Crippen LogP contribution in [0.2, 0.25) is 0 Å². The lowest BCUT2D eigenvalue weighted by Gasteiger charge is -2.15. The number of H-pyrrole nitrogens is 2. The van der Waals surface area contributed by atoms with Gasteiger partial charge in [-0.15, -0.1) is 0 Å². The minimum Gasteiger partial charge on any atom is -0.491 e. The Morgan fingerprint density at radius 1 is 1.00 bits per heavy atom. The van der Waals surface area contributed by atoms with E-state index in [1.807, 2.05) is 42.6 Å². The highest BCUT2D eigenvalue weighted by Crippen LogP contribution is 2.29. The summed E-state index contributed by atoms with van der Waals surface area (Å²) < 4.78 is 5.96. The van der Waals surface area contributed by atoms with Crippen LogP contribution in [-0.2, 0) is 0 Å². The highest BCUT2D eigenvalue weighted by atomic mass is 16.5. The number of pyridine rings is 2. The topological polar surface area (TPSA) is 95.6 Å². The standard InChI is InChI=1S/C24H23N7O/c1-2-6-20-19(5-1)27-24(28-20)23-18-12-21(26-15-22(18)29-30-23)16-11-17(14-25-13-16)32-10-9-31-7-3-4-8-31/h1-2,5-6,11-15H,3-4,7-10H2,(H,27,28)(H,29,30). The van der Waals surface area contributed by atoms with E-state index in [0.717, 1.165) is 57.0 Å². The quantitative estimate of drug-likeness (QED) is 0.426. The largest absolute Gasteiger partial charge is 0.491 e. The smallest absolute Gasteiger partial charge is 0.159 e. The zero-order valence-electron chi connectivity index (χ0n) is 17.6. The third-order valence-electron chi connectivity index (χ3n) is 5.94. The van der Waals surface area contributed by atoms with Gasteiger partial charge < -0.3 is 9.72 Å². The molecule has 1 aromatic carbocycles. The Morgan fingerprint density at radius 2 is 1.91 bits per heavy atom. The number of hydrogen-bond acceptors (Lipinski definition) is 6. The molecule has 1 fully saturated rings. The maximum atomic E-state index is 5.96. The van der Waals surface area contributed by atoms with Gasteiger partial charge in [0.1, 0.15) is 18.1 Å². The van der Waals surface area contributed by atoms with Gasteiger partial charge in [0.25, 0.3) is 0 Å². The monoisotopic (exact) mass is 425 g/mol. The summed E-state index contributed by atoms with van der Waals surface area (Å²) in [6.45, 7) is 3.95. The van der Waals surface area contributed by atoms with E-state index in [1.165, 1.54) is 25.9 Å². The number of aromatic amines is 2. The molecule has 0 saturated carbocycles. The van der Waals surface area contributed by atoms with Crippen molar-refractivity contribution in [1.29, 1.82) is 0 Å². The number of para-hydroxylation sites is 2. The summed E-state index contributed by atoms with van der Waals surface area (Å²) in [5.74, 6) is 1.49. The fourth-order valence-corrected chi connectivity index (χ4v) is 4.26. The van der Waals surface area contributed by atoms with Crippen LogP contribution in [0.3, 0.4) is 0 Å². The Balaban J connectivity index is 1.28. The van der Waals surface area contributed by atoms with E-state index in [0.29, 0.717) is 6.61 Å². The second-order valence-corrected chi connectivity index (χ2v) is 8.10. The Morgan fingerprint density at radius 3 is 2.81 bits per heavy atom. The number of imidazole rings is 1. The molecule has 8 heteroatoms. The molecule has 4 aromatic heterocycles. The van der Waals surface area contributed by atoms with Crippen molar-refractivity contribution in [2.24, 2.45) is 0 Å². The number of fused-ring (bicyclic) bond motifs is 2. The van der Waals surface area contributed by atoms with Crippen LogP contribution in [0.4, 0.5) is 0 Å². The van der Waals surface area contributed by atoms with Crippen LogP contribution in [-0.4, -0.2) is 61.3 Å². The summed E-state index contributed by atoms with van der Waals surface area (Å²) >= 11 is 0. The van der Waals surface area contributed by atoms with Gasteiger partial charge in [-0.05, 0) is 50.2 Å². The van der Waals surface area contributed by atoms with E-state index in [4.69, 9.17) is 9.72 Å². The molecular weight excluding hydrogens is 402 g/mol. The summed E-state index contributed by atoms with van der Waals surface area (Å²) in [5.41, 5.74) is 5.24. The molecule has 2 N–H and O–H groups in total. The van der Waals surface area contributed by atoms with Crippen molar-refractivity contribution in [2.75, 3.05) is 26.2 Å². The van der Waals surface area contributed by atoms with E-state index in [1.54, 1.807) is 12.4 Å². The molecule has 5 heterocycles. The molecule has 32 heavy (non-hydrogen) atoms. The molecule has 1 aliphatic rings. The number of likely N-dealkylation sites (tertiary alicyclic amines) is 1. The van der Waals surface area contributed by atoms with Crippen molar-refractivity contribution in [1.82, 2.24) is 35.0 Å². The van der Waals surface area contributed by atoms with Crippen LogP contribution in [0.15, 0.2) is 55.0 Å². The first kappa shape index (κ1) is 18.9. The van der Waals surface area contributed by atoms with Crippen molar-refractivity contribution in [2.45, 2.75) is 12.8 Å². The normalized spacial score (nSPS) is 14.5. The van der Waals surface area contributed by atoms with E-state index in [-0.39, 0.29) is 0 Å². The van der Waals surface area contributed by atoms with E-state index < -0.39 is 0 Å². The lowest BCUT2D eigenvalue weighted by Crippen LogP contribution is -2.25. The first-order valence-corrected chi connectivity index (χ1v) is 10.9. The summed E-state index contributed by atoms with van der Waals surface area (Å²) in [6, 6.07) is 12.0. The van der Waals surface area contributed by atoms with Gasteiger partial charge in [0.2, 0.25) is 0 Å². The molecular formula is C24H23N7O. The zero-order chi connectivity index (χ0) is 21.3. The summed E-state index contributed by atoms with van der Waals surface area (Å²) in [5, 5.41) is 8.50. The lowest BCUT2D eigenvalue weighted by molar-refractivity contribution is 0.237. The van der Waals surface area contributed by atoms with Crippen LogP contribution in [0, 0.1) is 0 Å². The number of benzene rings is 1. The molecule has 0 unspecified atom stereocenters. The number of nitrogens with one attached hydrogen (secondary N) is 2. The van der Waals surface area contributed by atoms with Gasteiger partial charge in [-0.1, -0.05) is 12.1 Å². The fourth-order valence-electron chi connectivity index (χ4n) is 4.26. The average molecular weight is 425 g/mol. The molecule has 0 aliphatic carbocycles. The molecule has 0 spiro atoms. The average Bonchev–Trinajstić information content (AvgIpc) is 3.58. The van der Waals surface area contributed by atoms with Gasteiger partial charge in [0.15, 0.2) is 5.82 Å². The minimum atomic E-state index is 0.662. The predicted octanol–water partition coefficient (Wildman–Crippen LogP) is 4.04. The van der Waals surface area contributed by atoms with Crippen LogP contribution in [0.25, 0.3) is 44.7 Å². The maximum absolute atomic E-state index is 5.96. The fraction of sp³-hybridized carbons (Fsp3) is 0.250. The van der Waals surface area contributed by atoms with Crippen molar-refractivity contribution >= 4 is 21.9 Å². The van der Waals surface area contributed by atoms with E-state index in [9.17, 15) is 0 Å². The van der Waals surface area contributed by atoms with Crippen molar-refractivity contribution < 1.29 is 4.74 Å². The number of rotatable bonds is 6. The summed E-state index contributed by atoms with van der Waals surface area (Å²) in [4.78, 5) is 19.5. The number of ether oxygens (including phenoxy) is 1. The molecule has 0 amide bonds. The Hall–Kier alpha value is -3.78. The molecule has 5 aromatic rings. The van der Waals surface area contributed by atoms with Crippen molar-refractivity contribution in [3.8, 4) is 28.5 Å². The van der Waals surface area contributed by atoms with Crippen LogP contribution in [0.5, 0.6) is 5.75 Å². The van der Waals surface area contributed by atoms with Crippen LogP contribution >= 0.6 is 0 Å². The van der Waals surface area contributed by atoms with Gasteiger partial charge in [0.05, 0.1) is 34.6 Å².